The van der Waals surface area contributed by atoms with E-state index in [9.17, 15) is 39.9 Å². The van der Waals surface area contributed by atoms with Crippen LogP contribution in [0.15, 0.2) is 35.1 Å². The van der Waals surface area contributed by atoms with Crippen molar-refractivity contribution in [3.63, 3.8) is 0 Å². The van der Waals surface area contributed by atoms with Gasteiger partial charge in [0.05, 0.1) is 17.2 Å². The molecular formula is C22H24N2O8Zn. The summed E-state index contributed by atoms with van der Waals surface area (Å²) in [5, 5.41) is 54.9. The summed E-state index contributed by atoms with van der Waals surface area (Å²) in [5.41, 5.74) is -0.548. The predicted molar refractivity (Wildman–Crippen MR) is 110 cm³/mol. The molecule has 172 valence electrons. The third-order valence-electron chi connectivity index (χ3n) is 7.02. The Morgan fingerprint density at radius 2 is 1.76 bits per heavy atom. The van der Waals surface area contributed by atoms with Gasteiger partial charge >= 0.3 is 0 Å². The number of hydrogen-bond donors (Lipinski definition) is 6. The number of primary amides is 1. The molecule has 1 saturated carbocycles. The van der Waals surface area contributed by atoms with Crippen LogP contribution in [0.2, 0.25) is 0 Å². The van der Waals surface area contributed by atoms with Gasteiger partial charge in [0.15, 0.2) is 11.4 Å². The van der Waals surface area contributed by atoms with E-state index in [2.05, 4.69) is 0 Å². The smallest absolute Gasteiger partial charge is 0.255 e. The van der Waals surface area contributed by atoms with Gasteiger partial charge in [-0.1, -0.05) is 12.1 Å². The van der Waals surface area contributed by atoms with Gasteiger partial charge in [-0.15, -0.1) is 0 Å². The number of phenols is 1. The number of phenolic OH excluding ortho intramolecular Hbond substituents is 1. The van der Waals surface area contributed by atoms with Crippen LogP contribution >= 0.6 is 0 Å². The number of ketones is 2. The van der Waals surface area contributed by atoms with Crippen LogP contribution in [0.3, 0.4) is 0 Å². The summed E-state index contributed by atoms with van der Waals surface area (Å²) in [6.07, 6.45) is -0.200. The van der Waals surface area contributed by atoms with Crippen LogP contribution in [0.25, 0.3) is 5.76 Å². The van der Waals surface area contributed by atoms with E-state index in [1.807, 2.05) is 0 Å². The molecular weight excluding hydrogens is 486 g/mol. The van der Waals surface area contributed by atoms with E-state index in [0.717, 1.165) is 0 Å². The molecule has 33 heavy (non-hydrogen) atoms. The first kappa shape index (κ1) is 25.0. The van der Waals surface area contributed by atoms with Crippen molar-refractivity contribution in [3.05, 3.63) is 46.2 Å². The standard InChI is InChI=1S/C22H24N2O8.Zn/c1-21(31)8-5-4-6-11(25)12(8)16(26)13-9(21)7-10-15(24(2)3)17(27)14(20(23)30)19(29)22(10,32)18(13)28;/h4-6,9-10,15,25-26,29,31-32H,7H2,1-3H3,(H2,23,30);/t9-,10-,15-,21+,22-;/m0./s1. The molecule has 0 saturated heterocycles. The van der Waals surface area contributed by atoms with Crippen LogP contribution in [0.5, 0.6) is 5.75 Å². The number of hydrogen-bond acceptors (Lipinski definition) is 9. The average molecular weight is 510 g/mol. The number of Topliss-reactive ketones (excluding diaryl/α,β-unsaturated/α-hetero) is 2. The molecule has 0 aromatic heterocycles. The normalized spacial score (nSPS) is 33.3. The molecule has 0 aliphatic heterocycles. The molecule has 0 spiro atoms. The van der Waals surface area contributed by atoms with Gasteiger partial charge in [-0.3, -0.25) is 19.3 Å². The summed E-state index contributed by atoms with van der Waals surface area (Å²) in [4.78, 5) is 40.0. The van der Waals surface area contributed by atoms with Crippen molar-refractivity contribution in [3.8, 4) is 5.75 Å². The second-order valence-corrected chi connectivity index (χ2v) is 8.96. The first-order valence-corrected chi connectivity index (χ1v) is 9.97. The van der Waals surface area contributed by atoms with Crippen molar-refractivity contribution in [2.75, 3.05) is 14.1 Å². The number of carbonyl (C=O) groups is 3. The number of benzene rings is 1. The summed E-state index contributed by atoms with van der Waals surface area (Å²) in [5.74, 6) is -7.90. The minimum absolute atomic E-state index is 0. The fourth-order valence-electron chi connectivity index (χ4n) is 5.50. The summed E-state index contributed by atoms with van der Waals surface area (Å²) >= 11 is 0. The van der Waals surface area contributed by atoms with Gasteiger partial charge in [0, 0.05) is 36.9 Å². The molecule has 1 aromatic rings. The molecule has 4 rings (SSSR count). The molecule has 10 nitrogen and oxygen atoms in total. The predicted octanol–water partition coefficient (Wildman–Crippen LogP) is -0.373. The monoisotopic (exact) mass is 508 g/mol. The fraction of sp³-hybridized carbons (Fsp3) is 0.409. The van der Waals surface area contributed by atoms with Gasteiger partial charge in [-0.05, 0) is 39.1 Å². The maximum atomic E-state index is 13.7. The number of aliphatic hydroxyl groups is 4. The van der Waals surface area contributed by atoms with E-state index >= 15 is 0 Å². The number of nitrogens with zero attached hydrogens (tertiary/aromatic N) is 1. The SMILES string of the molecule is CN(C)[C@@H]1C(=O)C(C(N)=O)=C(O)[C@@]2(O)C(=O)C3=C(O)c4c(O)cccc4[C@@](C)(O)[C@H]3C[C@@H]12.[Zn]. The maximum absolute atomic E-state index is 13.7. The van der Waals surface area contributed by atoms with Crippen molar-refractivity contribution >= 4 is 23.2 Å². The Balaban J connectivity index is 0.00000306. The molecule has 0 radical (unpaired) electrons. The average Bonchev–Trinajstić information content (AvgIpc) is 2.68. The summed E-state index contributed by atoms with van der Waals surface area (Å²) < 4.78 is 0. The van der Waals surface area contributed by atoms with E-state index in [-0.39, 0.29) is 37.0 Å². The van der Waals surface area contributed by atoms with Crippen LogP contribution in [-0.2, 0) is 39.5 Å². The zero-order valence-corrected chi connectivity index (χ0v) is 21.3. The quantitative estimate of drug-likeness (QED) is 0.229. The number of nitrogens with two attached hydrogens (primary N) is 1. The van der Waals surface area contributed by atoms with E-state index in [0.29, 0.717) is 0 Å². The van der Waals surface area contributed by atoms with Gasteiger partial charge in [0.1, 0.15) is 22.8 Å². The Labute approximate surface area is 201 Å². The molecule has 0 bridgehead atoms. The molecule has 0 unspecified atom stereocenters. The summed E-state index contributed by atoms with van der Waals surface area (Å²) in [7, 11) is 3.01. The first-order valence-electron chi connectivity index (χ1n) is 9.97. The number of likely N-dealkylation sites (N-methyl/N-ethyl adjacent to an activating group) is 1. The Hall–Kier alpha value is -2.59. The van der Waals surface area contributed by atoms with Gasteiger partial charge in [-0.2, -0.15) is 0 Å². The summed E-state index contributed by atoms with van der Waals surface area (Å²) in [6, 6.07) is 3.02. The van der Waals surface area contributed by atoms with E-state index in [1.54, 1.807) is 0 Å². The summed E-state index contributed by atoms with van der Waals surface area (Å²) in [6.45, 7) is 1.40. The first-order chi connectivity index (χ1) is 14.8. The van der Waals surface area contributed by atoms with Crippen molar-refractivity contribution in [1.82, 2.24) is 4.90 Å². The van der Waals surface area contributed by atoms with Crippen molar-refractivity contribution in [1.29, 1.82) is 0 Å². The molecule has 11 heteroatoms. The largest absolute Gasteiger partial charge is 0.508 e. The molecule has 5 atom stereocenters. The zero-order chi connectivity index (χ0) is 23.9. The fourth-order valence-corrected chi connectivity index (χ4v) is 5.50. The van der Waals surface area contributed by atoms with E-state index < -0.39 is 75.0 Å². The zero-order valence-electron chi connectivity index (χ0n) is 18.4. The number of fused-ring (bicyclic) bond motifs is 3. The van der Waals surface area contributed by atoms with Gasteiger partial charge in [0.25, 0.3) is 5.91 Å². The molecule has 3 aliphatic carbocycles. The number of aromatic hydroxyl groups is 1. The third-order valence-corrected chi connectivity index (χ3v) is 7.02. The maximum Gasteiger partial charge on any atom is 0.255 e. The van der Waals surface area contributed by atoms with Crippen LogP contribution < -0.4 is 5.73 Å². The van der Waals surface area contributed by atoms with Crippen LogP contribution in [0.4, 0.5) is 0 Å². The third kappa shape index (κ3) is 3.03. The number of rotatable bonds is 2. The molecule has 1 fully saturated rings. The van der Waals surface area contributed by atoms with Crippen molar-refractivity contribution < 1.29 is 59.4 Å². The topological polar surface area (TPSA) is 182 Å². The van der Waals surface area contributed by atoms with E-state index in [4.69, 9.17) is 5.73 Å². The van der Waals surface area contributed by atoms with Crippen LogP contribution in [0.1, 0.15) is 24.5 Å². The Morgan fingerprint density at radius 1 is 1.15 bits per heavy atom. The second kappa shape index (κ2) is 7.73. The Kier molecular flexibility index (Phi) is 5.87. The van der Waals surface area contributed by atoms with Gasteiger partial charge < -0.3 is 31.3 Å². The molecule has 1 aromatic carbocycles. The Morgan fingerprint density at radius 3 is 2.30 bits per heavy atom. The van der Waals surface area contributed by atoms with Crippen LogP contribution in [-0.4, -0.2) is 73.6 Å². The van der Waals surface area contributed by atoms with Crippen molar-refractivity contribution in [2.24, 2.45) is 17.6 Å². The molecule has 3 aliphatic rings. The van der Waals surface area contributed by atoms with Crippen LogP contribution in [0, 0.1) is 11.8 Å². The number of carbonyl (C=O) groups excluding carboxylic acids is 3. The van der Waals surface area contributed by atoms with E-state index in [1.165, 1.54) is 44.1 Å². The minimum atomic E-state index is -2.75. The van der Waals surface area contributed by atoms with Crippen molar-refractivity contribution in [2.45, 2.75) is 30.6 Å². The number of amides is 1. The Bertz CT molecular complexity index is 1160. The number of aliphatic hydroxyl groups excluding tert-OH is 2. The molecule has 1 amide bonds. The van der Waals surface area contributed by atoms with Gasteiger partial charge in [0.2, 0.25) is 5.78 Å². The second-order valence-electron chi connectivity index (χ2n) is 8.96. The minimum Gasteiger partial charge on any atom is -0.508 e. The molecule has 7 N–H and O–H groups in total. The van der Waals surface area contributed by atoms with Gasteiger partial charge in [-0.25, -0.2) is 0 Å². The molecule has 0 heterocycles.